The number of hydrogen-bond acceptors (Lipinski definition) is 1. The van der Waals surface area contributed by atoms with Crippen LogP contribution in [-0.2, 0) is 0 Å². The van der Waals surface area contributed by atoms with Gasteiger partial charge >= 0.3 is 0 Å². The molecule has 0 saturated heterocycles. The van der Waals surface area contributed by atoms with E-state index in [0.717, 1.165) is 6.42 Å². The first-order valence-corrected chi connectivity index (χ1v) is 3.14. The van der Waals surface area contributed by atoms with E-state index in [1.54, 1.807) is 12.3 Å². The summed E-state index contributed by atoms with van der Waals surface area (Å²) in [5.41, 5.74) is 0.585. The lowest BCUT2D eigenvalue weighted by atomic mass is 10.4. The van der Waals surface area contributed by atoms with Crippen molar-refractivity contribution in [1.29, 1.82) is 0 Å². The van der Waals surface area contributed by atoms with E-state index in [0.29, 0.717) is 5.70 Å². The summed E-state index contributed by atoms with van der Waals surface area (Å²) in [6.07, 6.45) is 4.01. The van der Waals surface area contributed by atoms with Crippen molar-refractivity contribution >= 4 is 6.21 Å². The van der Waals surface area contributed by atoms with Crippen LogP contribution in [0.1, 0.15) is 13.3 Å². The SMILES string of the molecule is C=CC=NC(=C)C#CCC. The Morgan fingerprint density at radius 3 is 2.90 bits per heavy atom. The summed E-state index contributed by atoms with van der Waals surface area (Å²) in [4.78, 5) is 3.87. The molecule has 0 aliphatic rings. The van der Waals surface area contributed by atoms with E-state index in [9.17, 15) is 0 Å². The van der Waals surface area contributed by atoms with Gasteiger partial charge in [0.15, 0.2) is 0 Å². The Bertz CT molecular complexity index is 201. The number of rotatable bonds is 2. The first-order valence-electron chi connectivity index (χ1n) is 3.14. The smallest absolute Gasteiger partial charge is 0.105 e. The topological polar surface area (TPSA) is 12.4 Å². The summed E-state index contributed by atoms with van der Waals surface area (Å²) in [6, 6.07) is 0. The van der Waals surface area contributed by atoms with Crippen LogP contribution < -0.4 is 0 Å². The second-order valence-electron chi connectivity index (χ2n) is 1.62. The molecule has 1 heteroatoms. The lowest BCUT2D eigenvalue weighted by Crippen LogP contribution is -1.69. The van der Waals surface area contributed by atoms with Gasteiger partial charge in [-0.3, -0.25) is 0 Å². The maximum Gasteiger partial charge on any atom is 0.105 e. The Morgan fingerprint density at radius 2 is 2.40 bits per heavy atom. The van der Waals surface area contributed by atoms with Gasteiger partial charge in [0.1, 0.15) is 5.70 Å². The van der Waals surface area contributed by atoms with Gasteiger partial charge in [-0.05, 0) is 5.92 Å². The summed E-state index contributed by atoms with van der Waals surface area (Å²) in [7, 11) is 0. The summed E-state index contributed by atoms with van der Waals surface area (Å²) in [5.74, 6) is 5.64. The predicted octanol–water partition coefficient (Wildman–Crippen LogP) is 2.17. The molecule has 0 N–H and O–H groups in total. The second kappa shape index (κ2) is 5.84. The molecule has 0 rings (SSSR count). The standard InChI is InChI=1S/C9H11N/c1-4-6-7-9(3)10-8-5-2/h5,8H,2-4H2,1H3. The highest BCUT2D eigenvalue weighted by atomic mass is 14.7. The first kappa shape index (κ1) is 8.71. The maximum atomic E-state index is 3.87. The lowest BCUT2D eigenvalue weighted by molar-refractivity contribution is 1.27. The summed E-state index contributed by atoms with van der Waals surface area (Å²) in [5, 5.41) is 0. The van der Waals surface area contributed by atoms with Crippen LogP contribution in [0.3, 0.4) is 0 Å². The van der Waals surface area contributed by atoms with Gasteiger partial charge in [-0.25, -0.2) is 4.99 Å². The van der Waals surface area contributed by atoms with Gasteiger partial charge in [0, 0.05) is 12.6 Å². The van der Waals surface area contributed by atoms with Crippen molar-refractivity contribution in [3.05, 3.63) is 24.9 Å². The largest absolute Gasteiger partial charge is 0.248 e. The first-order chi connectivity index (χ1) is 4.81. The Balaban J connectivity index is 3.86. The van der Waals surface area contributed by atoms with Gasteiger partial charge < -0.3 is 0 Å². The average molecular weight is 133 g/mol. The van der Waals surface area contributed by atoms with Gasteiger partial charge in [0.25, 0.3) is 0 Å². The van der Waals surface area contributed by atoms with Gasteiger partial charge in [-0.15, -0.1) is 0 Å². The molecule has 0 amide bonds. The van der Waals surface area contributed by atoms with Crippen LogP contribution in [0.15, 0.2) is 29.9 Å². The van der Waals surface area contributed by atoms with Gasteiger partial charge in [0.05, 0.1) is 0 Å². The highest BCUT2D eigenvalue weighted by Gasteiger charge is 1.74. The fourth-order valence-electron chi connectivity index (χ4n) is 0.365. The van der Waals surface area contributed by atoms with Gasteiger partial charge in [-0.2, -0.15) is 0 Å². The van der Waals surface area contributed by atoms with E-state index in [4.69, 9.17) is 0 Å². The molecule has 1 nitrogen and oxygen atoms in total. The molecule has 0 aliphatic carbocycles. The lowest BCUT2D eigenvalue weighted by Gasteiger charge is -1.80. The third-order valence-corrected chi connectivity index (χ3v) is 0.745. The van der Waals surface area contributed by atoms with Crippen molar-refractivity contribution < 1.29 is 0 Å². The number of allylic oxidation sites excluding steroid dienone is 2. The van der Waals surface area contributed by atoms with Crippen LogP contribution in [0.5, 0.6) is 0 Å². The third kappa shape index (κ3) is 4.86. The number of hydrogen-bond donors (Lipinski definition) is 0. The van der Waals surface area contributed by atoms with Crippen molar-refractivity contribution in [2.24, 2.45) is 4.99 Å². The minimum atomic E-state index is 0.585. The zero-order valence-corrected chi connectivity index (χ0v) is 6.22. The fraction of sp³-hybridized carbons (Fsp3) is 0.222. The van der Waals surface area contributed by atoms with Crippen LogP contribution in [0.25, 0.3) is 0 Å². The van der Waals surface area contributed by atoms with E-state index >= 15 is 0 Å². The predicted molar refractivity (Wildman–Crippen MR) is 45.9 cm³/mol. The Labute approximate surface area is 62.2 Å². The molecule has 0 spiro atoms. The van der Waals surface area contributed by atoms with Crippen LogP contribution in [-0.4, -0.2) is 6.21 Å². The van der Waals surface area contributed by atoms with E-state index in [1.165, 1.54) is 0 Å². The molecule has 0 fully saturated rings. The van der Waals surface area contributed by atoms with Crippen LogP contribution in [0.4, 0.5) is 0 Å². The molecule has 0 aromatic heterocycles. The highest BCUT2D eigenvalue weighted by molar-refractivity contribution is 5.71. The van der Waals surface area contributed by atoms with Crippen molar-refractivity contribution in [3.8, 4) is 11.8 Å². The van der Waals surface area contributed by atoms with Crippen molar-refractivity contribution in [2.45, 2.75) is 13.3 Å². The molecular weight excluding hydrogens is 122 g/mol. The molecule has 0 unspecified atom stereocenters. The Hall–Kier alpha value is -1.29. The normalized spacial score (nSPS) is 8.50. The van der Waals surface area contributed by atoms with Gasteiger partial charge in [-0.1, -0.05) is 32.1 Å². The highest BCUT2D eigenvalue weighted by Crippen LogP contribution is 1.87. The summed E-state index contributed by atoms with van der Waals surface area (Å²) in [6.45, 7) is 9.07. The average Bonchev–Trinajstić information content (AvgIpc) is 1.97. The number of nitrogens with zero attached hydrogens (tertiary/aromatic N) is 1. The van der Waals surface area contributed by atoms with E-state index < -0.39 is 0 Å². The van der Waals surface area contributed by atoms with Gasteiger partial charge in [0.2, 0.25) is 0 Å². The van der Waals surface area contributed by atoms with E-state index in [1.807, 2.05) is 6.92 Å². The molecule has 0 radical (unpaired) electrons. The molecule has 0 saturated carbocycles. The minimum absolute atomic E-state index is 0.585. The molecule has 0 atom stereocenters. The molecule has 0 bridgehead atoms. The minimum Gasteiger partial charge on any atom is -0.248 e. The summed E-state index contributed by atoms with van der Waals surface area (Å²) < 4.78 is 0. The molecular formula is C9H11N. The van der Waals surface area contributed by atoms with Crippen molar-refractivity contribution in [3.63, 3.8) is 0 Å². The van der Waals surface area contributed by atoms with Crippen LogP contribution in [0, 0.1) is 11.8 Å². The third-order valence-electron chi connectivity index (χ3n) is 0.745. The molecule has 0 aromatic carbocycles. The fourth-order valence-corrected chi connectivity index (χ4v) is 0.365. The molecule has 10 heavy (non-hydrogen) atoms. The Kier molecular flexibility index (Phi) is 5.09. The zero-order chi connectivity index (χ0) is 7.82. The molecule has 0 heterocycles. The maximum absolute atomic E-state index is 3.87. The monoisotopic (exact) mass is 133 g/mol. The van der Waals surface area contributed by atoms with Crippen LogP contribution >= 0.6 is 0 Å². The van der Waals surface area contributed by atoms with Crippen molar-refractivity contribution in [1.82, 2.24) is 0 Å². The Morgan fingerprint density at radius 1 is 1.70 bits per heavy atom. The second-order valence-corrected chi connectivity index (χ2v) is 1.62. The molecule has 52 valence electrons. The van der Waals surface area contributed by atoms with E-state index in [-0.39, 0.29) is 0 Å². The molecule has 0 aromatic rings. The number of aliphatic imine (C=N–C) groups is 1. The van der Waals surface area contributed by atoms with E-state index in [2.05, 4.69) is 30.0 Å². The van der Waals surface area contributed by atoms with Crippen LogP contribution in [0.2, 0.25) is 0 Å². The van der Waals surface area contributed by atoms with Crippen molar-refractivity contribution in [2.75, 3.05) is 0 Å². The zero-order valence-electron chi connectivity index (χ0n) is 6.22. The quantitative estimate of drug-likeness (QED) is 0.404. The summed E-state index contributed by atoms with van der Waals surface area (Å²) >= 11 is 0. The molecule has 0 aliphatic heterocycles.